The number of anilines is 1. The number of aliphatic hydroxyl groups is 1. The molecule has 6 rings (SSSR count). The van der Waals surface area contributed by atoms with Crippen LogP contribution in [0.5, 0.6) is 0 Å². The Morgan fingerprint density at radius 2 is 1.79 bits per heavy atom. The van der Waals surface area contributed by atoms with Crippen molar-refractivity contribution in [2.45, 2.75) is 43.3 Å². The van der Waals surface area contributed by atoms with Gasteiger partial charge in [-0.15, -0.1) is 0 Å². The summed E-state index contributed by atoms with van der Waals surface area (Å²) in [6.45, 7) is 3.81. The van der Waals surface area contributed by atoms with E-state index < -0.39 is 0 Å². The van der Waals surface area contributed by atoms with E-state index in [1.165, 1.54) is 0 Å². The van der Waals surface area contributed by atoms with Crippen molar-refractivity contribution in [3.63, 3.8) is 0 Å². The first-order valence-electron chi connectivity index (χ1n) is 14.8. The van der Waals surface area contributed by atoms with Crippen LogP contribution in [-0.4, -0.2) is 95.8 Å². The van der Waals surface area contributed by atoms with E-state index in [9.17, 15) is 9.90 Å². The van der Waals surface area contributed by atoms with Gasteiger partial charge in [0.15, 0.2) is 6.17 Å². The van der Waals surface area contributed by atoms with Crippen molar-refractivity contribution in [3.8, 4) is 0 Å². The third kappa shape index (κ3) is 5.73. The highest BCUT2D eigenvalue weighted by molar-refractivity contribution is 6.30. The summed E-state index contributed by atoms with van der Waals surface area (Å²) in [6, 6.07) is 15.8. The van der Waals surface area contributed by atoms with Crippen molar-refractivity contribution >= 4 is 29.2 Å². The monoisotopic (exact) mass is 589 g/mol. The maximum absolute atomic E-state index is 13.1. The third-order valence-electron chi connectivity index (χ3n) is 9.32. The molecular weight excluding hydrogens is 550 g/mol. The van der Waals surface area contributed by atoms with Crippen LogP contribution >= 0.6 is 11.6 Å². The number of hydrogen-bond acceptors (Lipinski definition) is 8. The number of rotatable bonds is 6. The van der Waals surface area contributed by atoms with Gasteiger partial charge in [-0.1, -0.05) is 23.7 Å². The van der Waals surface area contributed by atoms with Crippen molar-refractivity contribution in [1.29, 1.82) is 0 Å². The number of fused-ring (bicyclic) bond motifs is 1. The molecule has 2 aromatic carbocycles. The third-order valence-corrected chi connectivity index (χ3v) is 9.58. The second kappa shape index (κ2) is 12.0. The van der Waals surface area contributed by atoms with Crippen LogP contribution in [0.3, 0.4) is 0 Å². The Hall–Kier alpha value is -3.53. The fourth-order valence-corrected chi connectivity index (χ4v) is 6.62. The van der Waals surface area contributed by atoms with Crippen LogP contribution in [0.25, 0.3) is 0 Å². The summed E-state index contributed by atoms with van der Waals surface area (Å²) in [7, 11) is 4.05. The van der Waals surface area contributed by atoms with Crippen molar-refractivity contribution < 1.29 is 9.90 Å². The van der Waals surface area contributed by atoms with Gasteiger partial charge in [0, 0.05) is 54.1 Å². The van der Waals surface area contributed by atoms with E-state index in [-0.39, 0.29) is 30.1 Å². The van der Waals surface area contributed by atoms with E-state index in [4.69, 9.17) is 16.6 Å². The zero-order valence-electron chi connectivity index (χ0n) is 24.3. The summed E-state index contributed by atoms with van der Waals surface area (Å²) >= 11 is 6.11. The lowest BCUT2D eigenvalue weighted by atomic mass is 9.73. The molecule has 10 heteroatoms. The number of carbonyl (C=O) groups is 1. The number of nitrogens with zero attached hydrogens (tertiary/aromatic N) is 5. The first kappa shape index (κ1) is 28.6. The molecule has 0 bridgehead atoms. The number of likely N-dealkylation sites (tertiary alicyclic amines) is 2. The van der Waals surface area contributed by atoms with Crippen LogP contribution in [0, 0.1) is 0 Å². The van der Waals surface area contributed by atoms with Gasteiger partial charge in [-0.3, -0.25) is 15.2 Å². The van der Waals surface area contributed by atoms with Gasteiger partial charge in [0.05, 0.1) is 12.3 Å². The Labute approximate surface area is 253 Å². The Morgan fingerprint density at radius 1 is 1.10 bits per heavy atom. The van der Waals surface area contributed by atoms with Crippen LogP contribution in [0.1, 0.15) is 41.6 Å². The molecule has 0 saturated carbocycles. The van der Waals surface area contributed by atoms with Gasteiger partial charge < -0.3 is 25.1 Å². The molecule has 1 atom stereocenters. The highest BCUT2D eigenvalue weighted by Gasteiger charge is 2.39. The molecular formula is C32H40ClN7O2. The molecule has 1 unspecified atom stereocenters. The second-order valence-electron chi connectivity index (χ2n) is 11.9. The SMILES string of the molecule is CN1CCC(N(C)C(=O)c2ccc(NC3=NC4C(N5CCC(CO)(c6ccc(Cl)cc6)CC5)=CC=CN4N3)cc2)CC1. The topological polar surface area (TPSA) is 86.7 Å². The molecule has 3 N–H and O–H groups in total. The van der Waals surface area contributed by atoms with Gasteiger partial charge in [0.1, 0.15) is 0 Å². The number of amides is 1. The number of carbonyl (C=O) groups excluding carboxylic acids is 1. The molecule has 0 aliphatic carbocycles. The minimum atomic E-state index is -0.259. The van der Waals surface area contributed by atoms with E-state index in [1.54, 1.807) is 0 Å². The van der Waals surface area contributed by atoms with E-state index >= 15 is 0 Å². The van der Waals surface area contributed by atoms with Crippen molar-refractivity contribution in [2.75, 3.05) is 52.2 Å². The number of aliphatic imine (C=N–C) groups is 1. The van der Waals surface area contributed by atoms with Crippen molar-refractivity contribution in [2.24, 2.45) is 4.99 Å². The van der Waals surface area contributed by atoms with Crippen LogP contribution in [-0.2, 0) is 5.41 Å². The molecule has 4 aliphatic rings. The summed E-state index contributed by atoms with van der Waals surface area (Å²) in [6.07, 6.45) is 9.68. The smallest absolute Gasteiger partial charge is 0.253 e. The molecule has 0 radical (unpaired) electrons. The Balaban J connectivity index is 1.08. The number of allylic oxidation sites excluding steroid dienone is 2. The van der Waals surface area contributed by atoms with Crippen molar-refractivity contribution in [3.05, 3.63) is 88.7 Å². The molecule has 9 nitrogen and oxygen atoms in total. The average molecular weight is 590 g/mol. The first-order chi connectivity index (χ1) is 20.3. The van der Waals surface area contributed by atoms with Gasteiger partial charge in [0.25, 0.3) is 5.91 Å². The van der Waals surface area contributed by atoms with Crippen LogP contribution < -0.4 is 10.7 Å². The number of nitrogens with one attached hydrogen (secondary N) is 2. The van der Waals surface area contributed by atoms with Gasteiger partial charge in [-0.25, -0.2) is 4.99 Å². The van der Waals surface area contributed by atoms with Gasteiger partial charge >= 0.3 is 0 Å². The largest absolute Gasteiger partial charge is 0.395 e. The number of benzene rings is 2. The molecule has 4 aliphatic heterocycles. The molecule has 2 aromatic rings. The quantitative estimate of drug-likeness (QED) is 0.472. The lowest BCUT2D eigenvalue weighted by Crippen LogP contribution is -2.48. The molecule has 2 saturated heterocycles. The first-order valence-corrected chi connectivity index (χ1v) is 15.2. The van der Waals surface area contributed by atoms with E-state index in [2.05, 4.69) is 33.7 Å². The minimum Gasteiger partial charge on any atom is -0.395 e. The zero-order valence-corrected chi connectivity index (χ0v) is 25.1. The van der Waals surface area contributed by atoms with Crippen LogP contribution in [0.4, 0.5) is 5.69 Å². The molecule has 0 spiro atoms. The summed E-state index contributed by atoms with van der Waals surface area (Å²) < 4.78 is 0. The number of aliphatic hydroxyl groups excluding tert-OH is 1. The Bertz CT molecular complexity index is 1360. The van der Waals surface area contributed by atoms with Gasteiger partial charge in [-0.2, -0.15) is 0 Å². The van der Waals surface area contributed by atoms with E-state index in [1.807, 2.05) is 77.8 Å². The summed E-state index contributed by atoms with van der Waals surface area (Å²) in [5, 5.41) is 16.5. The zero-order chi connectivity index (χ0) is 29.3. The number of halogens is 1. The fourth-order valence-electron chi connectivity index (χ4n) is 6.49. The predicted molar refractivity (Wildman–Crippen MR) is 167 cm³/mol. The van der Waals surface area contributed by atoms with Gasteiger partial charge in [-0.05, 0) is 99.9 Å². The highest BCUT2D eigenvalue weighted by atomic mass is 35.5. The van der Waals surface area contributed by atoms with Crippen LogP contribution in [0.15, 0.2) is 77.6 Å². The average Bonchev–Trinajstić information content (AvgIpc) is 3.44. The lowest BCUT2D eigenvalue weighted by molar-refractivity contribution is 0.0659. The molecule has 0 aromatic heterocycles. The van der Waals surface area contributed by atoms with E-state index in [0.29, 0.717) is 16.5 Å². The number of hydrogen-bond donors (Lipinski definition) is 3. The summed E-state index contributed by atoms with van der Waals surface area (Å²) in [4.78, 5) is 24.6. The Morgan fingerprint density at radius 3 is 2.45 bits per heavy atom. The maximum atomic E-state index is 13.1. The van der Waals surface area contributed by atoms with E-state index in [0.717, 1.165) is 68.8 Å². The van der Waals surface area contributed by atoms with Crippen LogP contribution in [0.2, 0.25) is 5.02 Å². The highest BCUT2D eigenvalue weighted by Crippen LogP contribution is 2.38. The maximum Gasteiger partial charge on any atom is 0.253 e. The number of piperidine rings is 2. The second-order valence-corrected chi connectivity index (χ2v) is 12.3. The van der Waals surface area contributed by atoms with Crippen molar-refractivity contribution in [1.82, 2.24) is 25.1 Å². The fraction of sp³-hybridized carbons (Fsp3) is 0.438. The normalized spacial score (nSPS) is 22.2. The predicted octanol–water partition coefficient (Wildman–Crippen LogP) is 3.86. The Kier molecular flexibility index (Phi) is 8.16. The molecule has 1 amide bonds. The summed E-state index contributed by atoms with van der Waals surface area (Å²) in [5.41, 5.74) is 6.92. The standard InChI is InChI=1S/C32H40ClN7O2/c1-37-18-13-27(14-19-37)38(2)30(42)23-5-11-26(12-6-23)34-31-35-29-28(4-3-17-40(29)36-31)39-20-15-32(22-41,16-21-39)24-7-9-25(33)10-8-24/h3-12,17,27,29,41H,13-16,18-22H2,1-2H3,(H2,34,35,36). The lowest BCUT2D eigenvalue weighted by Gasteiger charge is -2.44. The molecule has 222 valence electrons. The van der Waals surface area contributed by atoms with Gasteiger partial charge in [0.2, 0.25) is 5.96 Å². The number of guanidine groups is 1. The summed E-state index contributed by atoms with van der Waals surface area (Å²) in [5.74, 6) is 0.718. The number of hydrazine groups is 1. The molecule has 42 heavy (non-hydrogen) atoms. The molecule has 4 heterocycles. The minimum absolute atomic E-state index is 0.0623. The molecule has 2 fully saturated rings.